The van der Waals surface area contributed by atoms with Crippen LogP contribution in [0.2, 0.25) is 0 Å². The summed E-state index contributed by atoms with van der Waals surface area (Å²) in [6.07, 6.45) is 8.96. The van der Waals surface area contributed by atoms with Gasteiger partial charge in [0.15, 0.2) is 0 Å². The smallest absolute Gasteiger partial charge is 0.106 e. The predicted molar refractivity (Wildman–Crippen MR) is 92.3 cm³/mol. The van der Waals surface area contributed by atoms with Gasteiger partial charge in [0.2, 0.25) is 0 Å². The summed E-state index contributed by atoms with van der Waals surface area (Å²) < 4.78 is 0. The van der Waals surface area contributed by atoms with Gasteiger partial charge < -0.3 is 15.0 Å². The van der Waals surface area contributed by atoms with Crippen LogP contribution >= 0.6 is 0 Å². The third kappa shape index (κ3) is 3.62. The summed E-state index contributed by atoms with van der Waals surface area (Å²) in [5, 5.41) is 10.00. The number of aryl methyl sites for hydroxylation is 1. The Labute approximate surface area is 140 Å². The van der Waals surface area contributed by atoms with E-state index in [1.54, 1.807) is 0 Å². The highest BCUT2D eigenvalue weighted by Crippen LogP contribution is 2.41. The van der Waals surface area contributed by atoms with E-state index in [2.05, 4.69) is 33.7 Å². The van der Waals surface area contributed by atoms with Crippen molar-refractivity contribution in [3.8, 4) is 0 Å². The SMILES string of the molecule is CCCCc1ncc(CN2CC[C@@]3(CO)CCCN(C)[C@@H]3C2)[nH]1. The Morgan fingerprint density at radius 1 is 1.39 bits per heavy atom. The molecule has 0 aromatic carbocycles. The van der Waals surface area contributed by atoms with Gasteiger partial charge in [0.05, 0.1) is 6.61 Å². The number of hydrogen-bond acceptors (Lipinski definition) is 4. The van der Waals surface area contributed by atoms with Gasteiger partial charge >= 0.3 is 0 Å². The molecule has 0 aliphatic carbocycles. The molecule has 3 heterocycles. The Bertz CT molecular complexity index is 503. The van der Waals surface area contributed by atoms with Gasteiger partial charge in [0.1, 0.15) is 5.82 Å². The third-order valence-corrected chi connectivity index (χ3v) is 5.94. The summed E-state index contributed by atoms with van der Waals surface area (Å²) in [6, 6.07) is 0.484. The predicted octanol–water partition coefficient (Wildman–Crippen LogP) is 2.03. The largest absolute Gasteiger partial charge is 0.396 e. The van der Waals surface area contributed by atoms with Gasteiger partial charge in [-0.25, -0.2) is 4.98 Å². The van der Waals surface area contributed by atoms with E-state index in [1.807, 2.05) is 6.20 Å². The number of nitrogens with one attached hydrogen (secondary N) is 1. The number of aromatic nitrogens is 2. The lowest BCUT2D eigenvalue weighted by Crippen LogP contribution is -2.61. The molecule has 3 rings (SSSR count). The van der Waals surface area contributed by atoms with E-state index in [1.165, 1.54) is 31.4 Å². The minimum absolute atomic E-state index is 0.129. The lowest BCUT2D eigenvalue weighted by Gasteiger charge is -2.53. The number of unbranched alkanes of at least 4 members (excludes halogenated alkanes) is 1. The highest BCUT2D eigenvalue weighted by Gasteiger charge is 2.46. The van der Waals surface area contributed by atoms with E-state index in [4.69, 9.17) is 0 Å². The Hall–Kier alpha value is -0.910. The van der Waals surface area contributed by atoms with Crippen LogP contribution in [0.25, 0.3) is 0 Å². The van der Waals surface area contributed by atoms with Crippen molar-refractivity contribution in [1.82, 2.24) is 19.8 Å². The lowest BCUT2D eigenvalue weighted by atomic mass is 9.69. The fourth-order valence-corrected chi connectivity index (χ4v) is 4.42. The molecule has 2 atom stereocenters. The number of H-pyrrole nitrogens is 1. The number of likely N-dealkylation sites (tertiary alicyclic amines) is 2. The molecule has 1 aromatic rings. The first kappa shape index (κ1) is 16.9. The maximum atomic E-state index is 10.00. The van der Waals surface area contributed by atoms with Crippen LogP contribution in [-0.4, -0.2) is 64.2 Å². The fraction of sp³-hybridized carbons (Fsp3) is 0.833. The van der Waals surface area contributed by atoms with Crippen LogP contribution in [0.3, 0.4) is 0 Å². The van der Waals surface area contributed by atoms with E-state index >= 15 is 0 Å². The van der Waals surface area contributed by atoms with Crippen molar-refractivity contribution >= 4 is 0 Å². The van der Waals surface area contributed by atoms with E-state index in [0.29, 0.717) is 12.6 Å². The van der Waals surface area contributed by atoms with Crippen molar-refractivity contribution in [1.29, 1.82) is 0 Å². The highest BCUT2D eigenvalue weighted by atomic mass is 16.3. The standard InChI is InChI=1S/C18H32N4O/c1-3-4-6-17-19-11-15(20-17)12-22-10-8-18(14-23)7-5-9-21(2)16(18)13-22/h11,16,23H,3-10,12-14H2,1-2H3,(H,19,20)/t16-,18-/m1/s1. The summed E-state index contributed by atoms with van der Waals surface area (Å²) in [5.74, 6) is 1.12. The zero-order valence-electron chi connectivity index (χ0n) is 14.7. The topological polar surface area (TPSA) is 55.4 Å². The minimum atomic E-state index is 0.129. The number of hydrogen-bond donors (Lipinski definition) is 2. The molecule has 0 saturated carbocycles. The third-order valence-electron chi connectivity index (χ3n) is 5.94. The summed E-state index contributed by atoms with van der Waals surface area (Å²) >= 11 is 0. The number of aliphatic hydroxyl groups excluding tert-OH is 1. The Kier molecular flexibility index (Phi) is 5.39. The first-order chi connectivity index (χ1) is 11.2. The Morgan fingerprint density at radius 3 is 3.04 bits per heavy atom. The number of aromatic amines is 1. The van der Waals surface area contributed by atoms with E-state index in [0.717, 1.165) is 44.8 Å². The van der Waals surface area contributed by atoms with Crippen LogP contribution in [0, 0.1) is 5.41 Å². The maximum absolute atomic E-state index is 10.00. The maximum Gasteiger partial charge on any atom is 0.106 e. The first-order valence-electron chi connectivity index (χ1n) is 9.23. The fourth-order valence-electron chi connectivity index (χ4n) is 4.42. The number of piperidine rings is 2. The monoisotopic (exact) mass is 320 g/mol. The molecular weight excluding hydrogens is 288 g/mol. The van der Waals surface area contributed by atoms with Crippen LogP contribution in [0.15, 0.2) is 6.20 Å². The molecule has 2 aliphatic rings. The van der Waals surface area contributed by atoms with Crippen molar-refractivity contribution in [3.63, 3.8) is 0 Å². The number of imidazole rings is 1. The summed E-state index contributed by atoms with van der Waals surface area (Å²) in [6.45, 7) is 6.79. The van der Waals surface area contributed by atoms with Crippen LogP contribution in [0.4, 0.5) is 0 Å². The van der Waals surface area contributed by atoms with E-state index in [-0.39, 0.29) is 5.41 Å². The average molecular weight is 320 g/mol. The normalized spacial score (nSPS) is 29.6. The summed E-state index contributed by atoms with van der Waals surface area (Å²) in [4.78, 5) is 13.0. The number of aliphatic hydroxyl groups is 1. The zero-order valence-corrected chi connectivity index (χ0v) is 14.7. The molecule has 5 heteroatoms. The van der Waals surface area contributed by atoms with Gasteiger partial charge in [-0.3, -0.25) is 4.90 Å². The van der Waals surface area contributed by atoms with Crippen LogP contribution in [-0.2, 0) is 13.0 Å². The van der Waals surface area contributed by atoms with Crippen molar-refractivity contribution in [2.45, 2.75) is 58.0 Å². The second kappa shape index (κ2) is 7.32. The lowest BCUT2D eigenvalue weighted by molar-refractivity contribution is -0.0686. The van der Waals surface area contributed by atoms with Crippen molar-refractivity contribution < 1.29 is 5.11 Å². The molecule has 23 heavy (non-hydrogen) atoms. The zero-order chi connectivity index (χ0) is 16.3. The molecule has 130 valence electrons. The molecule has 5 nitrogen and oxygen atoms in total. The number of fused-ring (bicyclic) bond motifs is 1. The van der Waals surface area contributed by atoms with Crippen LogP contribution in [0.1, 0.15) is 50.5 Å². The quantitative estimate of drug-likeness (QED) is 0.842. The van der Waals surface area contributed by atoms with Crippen LogP contribution in [0.5, 0.6) is 0 Å². The number of likely N-dealkylation sites (N-methyl/N-ethyl adjacent to an activating group) is 1. The molecule has 2 N–H and O–H groups in total. The van der Waals surface area contributed by atoms with Gasteiger partial charge in [0.25, 0.3) is 0 Å². The molecule has 0 bridgehead atoms. The van der Waals surface area contributed by atoms with Gasteiger partial charge in [-0.05, 0) is 45.8 Å². The molecule has 0 amide bonds. The molecule has 2 fully saturated rings. The molecule has 0 radical (unpaired) electrons. The van der Waals surface area contributed by atoms with Gasteiger partial charge in [-0.1, -0.05) is 13.3 Å². The number of rotatable bonds is 6. The number of nitrogens with zero attached hydrogens (tertiary/aromatic N) is 3. The van der Waals surface area contributed by atoms with Gasteiger partial charge in [-0.2, -0.15) is 0 Å². The summed E-state index contributed by atoms with van der Waals surface area (Å²) in [5.41, 5.74) is 1.36. The van der Waals surface area contributed by atoms with Crippen molar-refractivity contribution in [3.05, 3.63) is 17.7 Å². The molecule has 1 aromatic heterocycles. The van der Waals surface area contributed by atoms with Gasteiger partial charge in [-0.15, -0.1) is 0 Å². The minimum Gasteiger partial charge on any atom is -0.396 e. The second-order valence-electron chi connectivity index (χ2n) is 7.56. The molecular formula is C18H32N4O. The molecule has 0 unspecified atom stereocenters. The van der Waals surface area contributed by atoms with Crippen molar-refractivity contribution in [2.75, 3.05) is 33.3 Å². The molecule has 2 saturated heterocycles. The van der Waals surface area contributed by atoms with E-state index < -0.39 is 0 Å². The first-order valence-corrected chi connectivity index (χ1v) is 9.23. The van der Waals surface area contributed by atoms with E-state index in [9.17, 15) is 5.11 Å². The molecule has 2 aliphatic heterocycles. The second-order valence-corrected chi connectivity index (χ2v) is 7.56. The summed E-state index contributed by atoms with van der Waals surface area (Å²) in [7, 11) is 2.22. The Morgan fingerprint density at radius 2 is 2.26 bits per heavy atom. The van der Waals surface area contributed by atoms with Gasteiger partial charge in [0, 0.05) is 42.9 Å². The average Bonchev–Trinajstić information content (AvgIpc) is 3.01. The molecule has 0 spiro atoms. The van der Waals surface area contributed by atoms with Crippen molar-refractivity contribution in [2.24, 2.45) is 5.41 Å². The van der Waals surface area contributed by atoms with Crippen LogP contribution < -0.4 is 0 Å². The highest BCUT2D eigenvalue weighted by molar-refractivity contribution is 5.05. The Balaban J connectivity index is 1.61.